The van der Waals surface area contributed by atoms with Crippen LogP contribution in [0.15, 0.2) is 53.9 Å². The number of hydrogen-bond acceptors (Lipinski definition) is 9. The predicted molar refractivity (Wildman–Crippen MR) is 129 cm³/mol. The molecule has 1 atom stereocenters. The van der Waals surface area contributed by atoms with E-state index in [0.29, 0.717) is 43.4 Å². The number of hydrogen-bond donors (Lipinski definition) is 2. The third kappa shape index (κ3) is 5.57. The van der Waals surface area contributed by atoms with Crippen molar-refractivity contribution in [3.63, 3.8) is 0 Å². The van der Waals surface area contributed by atoms with Gasteiger partial charge >= 0.3 is 18.0 Å². The fourth-order valence-electron chi connectivity index (χ4n) is 4.03. The number of morpholine rings is 1. The molecule has 0 radical (unpaired) electrons. The molecule has 36 heavy (non-hydrogen) atoms. The molecule has 3 heterocycles. The minimum absolute atomic E-state index is 0.136. The summed E-state index contributed by atoms with van der Waals surface area (Å²) in [6.07, 6.45) is 1.61. The van der Waals surface area contributed by atoms with E-state index in [1.165, 1.54) is 0 Å². The van der Waals surface area contributed by atoms with Crippen LogP contribution in [-0.4, -0.2) is 69.6 Å². The number of carbonyl (C=O) groups excluding carboxylic acids is 3. The molecule has 0 aliphatic carbocycles. The average molecular weight is 497 g/mol. The highest BCUT2D eigenvalue weighted by Gasteiger charge is 2.34. The predicted octanol–water partition coefficient (Wildman–Crippen LogP) is 1.95. The molecule has 0 bridgehead atoms. The quantitative estimate of drug-likeness (QED) is 0.527. The molecule has 2 aliphatic heterocycles. The van der Waals surface area contributed by atoms with Crippen molar-refractivity contribution in [2.24, 2.45) is 0 Å². The largest absolute Gasteiger partial charge is 0.497 e. The summed E-state index contributed by atoms with van der Waals surface area (Å²) < 4.78 is 21.4. The number of benzene rings is 1. The number of ether oxygens (including phenoxy) is 4. The molecule has 1 aromatic carbocycles. The lowest BCUT2D eigenvalue weighted by molar-refractivity contribution is -0.139. The van der Waals surface area contributed by atoms with Crippen LogP contribution in [0.5, 0.6) is 5.75 Å². The first-order valence-electron chi connectivity index (χ1n) is 11.6. The van der Waals surface area contributed by atoms with Gasteiger partial charge in [-0.25, -0.2) is 19.4 Å². The van der Waals surface area contributed by atoms with Gasteiger partial charge in [0.05, 0.1) is 44.2 Å². The summed E-state index contributed by atoms with van der Waals surface area (Å²) >= 11 is 0. The summed E-state index contributed by atoms with van der Waals surface area (Å²) in [6, 6.07) is 8.86. The second-order valence-electron chi connectivity index (χ2n) is 7.97. The molecule has 2 aliphatic rings. The Morgan fingerprint density at radius 2 is 1.86 bits per heavy atom. The van der Waals surface area contributed by atoms with E-state index in [4.69, 9.17) is 18.9 Å². The molecule has 1 fully saturated rings. The monoisotopic (exact) mass is 496 g/mol. The molecule has 0 saturated carbocycles. The van der Waals surface area contributed by atoms with Crippen LogP contribution in [-0.2, 0) is 19.0 Å². The van der Waals surface area contributed by atoms with Crippen molar-refractivity contribution in [1.82, 2.24) is 15.6 Å². The van der Waals surface area contributed by atoms with Gasteiger partial charge in [0.25, 0.3) is 0 Å². The van der Waals surface area contributed by atoms with Crippen molar-refractivity contribution < 1.29 is 33.3 Å². The number of pyridine rings is 1. The van der Waals surface area contributed by atoms with Gasteiger partial charge in [-0.05, 0) is 36.8 Å². The van der Waals surface area contributed by atoms with Gasteiger partial charge in [-0.15, -0.1) is 0 Å². The van der Waals surface area contributed by atoms with E-state index < -0.39 is 24.0 Å². The van der Waals surface area contributed by atoms with E-state index in [-0.39, 0.29) is 30.0 Å². The van der Waals surface area contributed by atoms with Crippen LogP contribution >= 0.6 is 0 Å². The fourth-order valence-corrected chi connectivity index (χ4v) is 4.03. The van der Waals surface area contributed by atoms with Gasteiger partial charge in [-0.2, -0.15) is 0 Å². The smallest absolute Gasteiger partial charge is 0.342 e. The summed E-state index contributed by atoms with van der Waals surface area (Å²) in [5.74, 6) is -0.139. The number of amides is 2. The fraction of sp³-hybridized carbons (Fsp3) is 0.360. The molecule has 4 rings (SSSR count). The summed E-state index contributed by atoms with van der Waals surface area (Å²) in [7, 11) is 1.55. The topological polar surface area (TPSA) is 128 Å². The molecule has 2 amide bonds. The number of methoxy groups -OCH3 is 1. The van der Waals surface area contributed by atoms with Crippen LogP contribution in [0.3, 0.4) is 0 Å². The molecule has 0 spiro atoms. The van der Waals surface area contributed by atoms with Gasteiger partial charge in [0.2, 0.25) is 0 Å². The number of rotatable bonds is 8. The summed E-state index contributed by atoms with van der Waals surface area (Å²) in [5.41, 5.74) is 1.21. The van der Waals surface area contributed by atoms with Gasteiger partial charge in [0, 0.05) is 19.3 Å². The molecule has 11 nitrogen and oxygen atoms in total. The number of aromatic nitrogens is 1. The number of carbonyl (C=O) groups is 3. The molecule has 2 N–H and O–H groups in total. The Bertz CT molecular complexity index is 1140. The third-order valence-corrected chi connectivity index (χ3v) is 5.76. The Balaban J connectivity index is 1.61. The van der Waals surface area contributed by atoms with Crippen molar-refractivity contribution >= 4 is 23.8 Å². The van der Waals surface area contributed by atoms with Crippen molar-refractivity contribution in [2.45, 2.75) is 13.0 Å². The Labute approximate surface area is 208 Å². The maximum absolute atomic E-state index is 13.1. The van der Waals surface area contributed by atoms with Crippen molar-refractivity contribution in [1.29, 1.82) is 0 Å². The van der Waals surface area contributed by atoms with E-state index in [9.17, 15) is 14.4 Å². The van der Waals surface area contributed by atoms with Gasteiger partial charge < -0.3 is 34.5 Å². The third-order valence-electron chi connectivity index (χ3n) is 5.76. The van der Waals surface area contributed by atoms with Gasteiger partial charge in [-0.1, -0.05) is 12.1 Å². The molecule has 1 aromatic heterocycles. The van der Waals surface area contributed by atoms with Crippen LogP contribution in [0, 0.1) is 0 Å². The van der Waals surface area contributed by atoms with E-state index in [2.05, 4.69) is 15.6 Å². The van der Waals surface area contributed by atoms with Gasteiger partial charge in [0.1, 0.15) is 23.7 Å². The second-order valence-corrected chi connectivity index (χ2v) is 7.97. The SMILES string of the molecule is CCOC(=O)C1=C(COC(=O)c2cccnc2N2CCOCC2)NC(=O)NC1c1ccc(OC)cc1. The lowest BCUT2D eigenvalue weighted by Gasteiger charge is -2.30. The number of urea groups is 1. The van der Waals surface area contributed by atoms with Crippen LogP contribution in [0.25, 0.3) is 0 Å². The maximum atomic E-state index is 13.1. The molecule has 1 saturated heterocycles. The molecular weight excluding hydrogens is 468 g/mol. The zero-order valence-electron chi connectivity index (χ0n) is 20.1. The van der Waals surface area contributed by atoms with Gasteiger partial charge in [0.15, 0.2) is 0 Å². The number of nitrogens with zero attached hydrogens (tertiary/aromatic N) is 2. The number of esters is 2. The Morgan fingerprint density at radius 1 is 1.11 bits per heavy atom. The van der Waals surface area contributed by atoms with E-state index in [0.717, 1.165) is 0 Å². The van der Waals surface area contributed by atoms with Crippen molar-refractivity contribution in [3.8, 4) is 5.75 Å². The Kier molecular flexibility index (Phi) is 8.01. The summed E-state index contributed by atoms with van der Waals surface area (Å²) in [4.78, 5) is 44.8. The number of nitrogens with one attached hydrogen (secondary N) is 2. The van der Waals surface area contributed by atoms with Crippen LogP contribution < -0.4 is 20.3 Å². The zero-order chi connectivity index (χ0) is 25.5. The minimum atomic E-state index is -0.806. The molecule has 190 valence electrons. The summed E-state index contributed by atoms with van der Waals surface area (Å²) in [6.45, 7) is 3.74. The van der Waals surface area contributed by atoms with E-state index in [1.54, 1.807) is 56.6 Å². The lowest BCUT2D eigenvalue weighted by atomic mass is 9.95. The average Bonchev–Trinajstić information content (AvgIpc) is 2.92. The normalized spacial score (nSPS) is 17.7. The minimum Gasteiger partial charge on any atom is -0.497 e. The van der Waals surface area contributed by atoms with Crippen LogP contribution in [0.1, 0.15) is 28.9 Å². The Hall–Kier alpha value is -4.12. The zero-order valence-corrected chi connectivity index (χ0v) is 20.1. The van der Waals surface area contributed by atoms with Gasteiger partial charge in [-0.3, -0.25) is 0 Å². The van der Waals surface area contributed by atoms with Crippen molar-refractivity contribution in [2.75, 3.05) is 51.5 Å². The first kappa shape index (κ1) is 25.0. The first-order chi connectivity index (χ1) is 17.5. The summed E-state index contributed by atoms with van der Waals surface area (Å²) in [5, 5.41) is 5.34. The lowest BCUT2D eigenvalue weighted by Crippen LogP contribution is -2.47. The highest BCUT2D eigenvalue weighted by molar-refractivity contribution is 5.96. The molecular formula is C25H28N4O7. The highest BCUT2D eigenvalue weighted by Crippen LogP contribution is 2.29. The Morgan fingerprint density at radius 3 is 2.56 bits per heavy atom. The van der Waals surface area contributed by atoms with Crippen LogP contribution in [0.4, 0.5) is 10.6 Å². The molecule has 11 heteroatoms. The second kappa shape index (κ2) is 11.5. The maximum Gasteiger partial charge on any atom is 0.342 e. The first-order valence-corrected chi connectivity index (χ1v) is 11.6. The molecule has 2 aromatic rings. The van der Waals surface area contributed by atoms with Crippen molar-refractivity contribution in [3.05, 3.63) is 65.0 Å². The molecule has 1 unspecified atom stereocenters. The van der Waals surface area contributed by atoms with Crippen LogP contribution in [0.2, 0.25) is 0 Å². The highest BCUT2D eigenvalue weighted by atomic mass is 16.5. The number of anilines is 1. The van der Waals surface area contributed by atoms with E-state index in [1.807, 2.05) is 4.90 Å². The van der Waals surface area contributed by atoms with E-state index >= 15 is 0 Å². The standard InChI is InChI=1S/C25H28N4O7/c1-3-35-24(31)20-19(27-25(32)28-21(20)16-6-8-17(33-2)9-7-16)15-36-23(30)18-5-4-10-26-22(18)29-11-13-34-14-12-29/h4-10,21H,3,11-15H2,1-2H3,(H2,27,28,32).